The maximum absolute atomic E-state index is 6.16. The Morgan fingerprint density at radius 2 is 1.54 bits per heavy atom. The van der Waals surface area contributed by atoms with E-state index >= 15 is 0 Å². The molecule has 0 aliphatic carbocycles. The van der Waals surface area contributed by atoms with E-state index in [2.05, 4.69) is 20.6 Å². The van der Waals surface area contributed by atoms with Crippen LogP contribution >= 0.6 is 23.2 Å². The van der Waals surface area contributed by atoms with Crippen LogP contribution in [0.25, 0.3) is 0 Å². The molecular weight excluding hydrogens is 347 g/mol. The molecule has 2 N–H and O–H groups in total. The van der Waals surface area contributed by atoms with E-state index in [-0.39, 0.29) is 0 Å². The van der Waals surface area contributed by atoms with Gasteiger partial charge in [0, 0.05) is 17.8 Å². The van der Waals surface area contributed by atoms with Crippen LogP contribution in [0.4, 0.5) is 23.0 Å². The largest absolute Gasteiger partial charge is 0.497 e. The van der Waals surface area contributed by atoms with Gasteiger partial charge in [-0.15, -0.1) is 0 Å². The van der Waals surface area contributed by atoms with Gasteiger partial charge >= 0.3 is 0 Å². The molecule has 1 heterocycles. The van der Waals surface area contributed by atoms with Crippen LogP contribution in [-0.4, -0.2) is 17.1 Å². The van der Waals surface area contributed by atoms with Crippen molar-refractivity contribution in [3.63, 3.8) is 0 Å². The molecule has 0 radical (unpaired) electrons. The zero-order valence-corrected chi connectivity index (χ0v) is 14.3. The highest BCUT2D eigenvalue weighted by Gasteiger charge is 2.07. The minimum absolute atomic E-state index is 0.517. The van der Waals surface area contributed by atoms with Crippen LogP contribution < -0.4 is 15.4 Å². The normalized spacial score (nSPS) is 10.3. The van der Waals surface area contributed by atoms with Crippen LogP contribution in [0.1, 0.15) is 0 Å². The second kappa shape index (κ2) is 7.38. The molecule has 0 fully saturated rings. The van der Waals surface area contributed by atoms with E-state index in [1.807, 2.05) is 24.3 Å². The van der Waals surface area contributed by atoms with Crippen molar-refractivity contribution < 1.29 is 4.74 Å². The summed E-state index contributed by atoms with van der Waals surface area (Å²) in [7, 11) is 1.62. The van der Waals surface area contributed by atoms with E-state index in [1.54, 1.807) is 31.4 Å². The Morgan fingerprint density at radius 1 is 0.875 bits per heavy atom. The Hall–Kier alpha value is -2.50. The summed E-state index contributed by atoms with van der Waals surface area (Å²) >= 11 is 12.3. The number of hydrogen-bond acceptors (Lipinski definition) is 5. The highest BCUT2D eigenvalue weighted by molar-refractivity contribution is 6.39. The first kappa shape index (κ1) is 16.4. The second-order valence-corrected chi connectivity index (χ2v) is 5.68. The first-order valence-electron chi connectivity index (χ1n) is 7.10. The third-order valence-corrected chi connectivity index (χ3v) is 3.85. The van der Waals surface area contributed by atoms with Crippen molar-refractivity contribution in [1.29, 1.82) is 0 Å². The third-order valence-electron chi connectivity index (χ3n) is 3.23. The first-order chi connectivity index (χ1) is 11.7. The number of ether oxygens (including phenoxy) is 1. The average molecular weight is 361 g/mol. The molecule has 122 valence electrons. The van der Waals surface area contributed by atoms with Crippen LogP contribution in [0, 0.1) is 0 Å². The molecule has 0 spiro atoms. The van der Waals surface area contributed by atoms with E-state index in [0.29, 0.717) is 27.4 Å². The summed E-state index contributed by atoms with van der Waals surface area (Å²) in [5.74, 6) is 1.96. The summed E-state index contributed by atoms with van der Waals surface area (Å²) in [6.07, 6.45) is 1.45. The predicted octanol–water partition coefficient (Wildman–Crippen LogP) is 5.28. The molecule has 2 aromatic carbocycles. The highest BCUT2D eigenvalue weighted by Crippen LogP contribution is 2.32. The smallest absolute Gasteiger partial charge is 0.135 e. The van der Waals surface area contributed by atoms with Crippen molar-refractivity contribution in [1.82, 2.24) is 9.97 Å². The Bertz CT molecular complexity index is 837. The number of aromatic nitrogens is 2. The van der Waals surface area contributed by atoms with Gasteiger partial charge in [-0.3, -0.25) is 0 Å². The fourth-order valence-corrected chi connectivity index (χ4v) is 2.58. The van der Waals surface area contributed by atoms with Crippen LogP contribution in [0.3, 0.4) is 0 Å². The van der Waals surface area contributed by atoms with Gasteiger partial charge in [0.15, 0.2) is 0 Å². The lowest BCUT2D eigenvalue weighted by atomic mass is 10.3. The predicted molar refractivity (Wildman–Crippen MR) is 98.1 cm³/mol. The van der Waals surface area contributed by atoms with Gasteiger partial charge in [0.05, 0.1) is 22.8 Å². The van der Waals surface area contributed by atoms with Gasteiger partial charge in [-0.25, -0.2) is 9.97 Å². The molecule has 1 aromatic heterocycles. The number of nitrogens with zero attached hydrogens (tertiary/aromatic N) is 2. The molecule has 0 amide bonds. The van der Waals surface area contributed by atoms with E-state index in [1.165, 1.54) is 6.33 Å². The van der Waals surface area contributed by atoms with Gasteiger partial charge in [-0.05, 0) is 24.3 Å². The Kier molecular flexibility index (Phi) is 5.03. The van der Waals surface area contributed by atoms with Crippen molar-refractivity contribution in [2.75, 3.05) is 17.7 Å². The SMILES string of the molecule is COc1cccc(Nc2cc(Nc3c(Cl)cccc3Cl)ncn2)c1. The number of methoxy groups -OCH3 is 1. The lowest BCUT2D eigenvalue weighted by molar-refractivity contribution is 0.415. The fourth-order valence-electron chi connectivity index (χ4n) is 2.09. The minimum atomic E-state index is 0.517. The summed E-state index contributed by atoms with van der Waals surface area (Å²) in [4.78, 5) is 8.40. The molecule has 0 aliphatic rings. The van der Waals surface area contributed by atoms with Crippen molar-refractivity contribution in [3.05, 3.63) is 64.9 Å². The minimum Gasteiger partial charge on any atom is -0.497 e. The van der Waals surface area contributed by atoms with E-state index in [0.717, 1.165) is 11.4 Å². The van der Waals surface area contributed by atoms with E-state index in [9.17, 15) is 0 Å². The molecule has 5 nitrogen and oxygen atoms in total. The van der Waals surface area contributed by atoms with Gasteiger partial charge in [-0.2, -0.15) is 0 Å². The Morgan fingerprint density at radius 3 is 2.25 bits per heavy atom. The number of anilines is 4. The molecule has 3 aromatic rings. The standard InChI is InChI=1S/C17H14Cl2N4O/c1-24-12-5-2-4-11(8-12)22-15-9-16(21-10-20-15)23-17-13(18)6-3-7-14(17)19/h2-10H,1H3,(H2,20,21,22,23). The van der Waals surface area contributed by atoms with Gasteiger partial charge in [0.2, 0.25) is 0 Å². The number of nitrogens with one attached hydrogen (secondary N) is 2. The summed E-state index contributed by atoms with van der Waals surface area (Å²) < 4.78 is 5.21. The number of benzene rings is 2. The van der Waals surface area contributed by atoms with Crippen LogP contribution in [-0.2, 0) is 0 Å². The molecule has 0 bridgehead atoms. The van der Waals surface area contributed by atoms with Crippen LogP contribution in [0.5, 0.6) is 5.75 Å². The van der Waals surface area contributed by atoms with Crippen LogP contribution in [0.15, 0.2) is 54.9 Å². The summed E-state index contributed by atoms with van der Waals surface area (Å²) in [5.41, 5.74) is 1.46. The lowest BCUT2D eigenvalue weighted by Crippen LogP contribution is -1.99. The molecule has 0 saturated heterocycles. The third kappa shape index (κ3) is 3.88. The molecule has 0 atom stereocenters. The summed E-state index contributed by atoms with van der Waals surface area (Å²) in [6.45, 7) is 0. The van der Waals surface area contributed by atoms with Crippen molar-refractivity contribution in [2.24, 2.45) is 0 Å². The van der Waals surface area contributed by atoms with Gasteiger partial charge < -0.3 is 15.4 Å². The Balaban J connectivity index is 1.81. The van der Waals surface area contributed by atoms with Gasteiger partial charge in [0.25, 0.3) is 0 Å². The molecule has 24 heavy (non-hydrogen) atoms. The lowest BCUT2D eigenvalue weighted by Gasteiger charge is -2.11. The molecule has 0 aliphatic heterocycles. The quantitative estimate of drug-likeness (QED) is 0.648. The van der Waals surface area contributed by atoms with Gasteiger partial charge in [0.1, 0.15) is 23.7 Å². The maximum atomic E-state index is 6.16. The zero-order chi connectivity index (χ0) is 16.9. The second-order valence-electron chi connectivity index (χ2n) is 4.87. The average Bonchev–Trinajstić information content (AvgIpc) is 2.59. The fraction of sp³-hybridized carbons (Fsp3) is 0.0588. The van der Waals surface area contributed by atoms with Gasteiger partial charge in [-0.1, -0.05) is 35.3 Å². The number of halogens is 2. The number of rotatable bonds is 5. The van der Waals surface area contributed by atoms with Crippen LogP contribution in [0.2, 0.25) is 10.0 Å². The number of hydrogen-bond donors (Lipinski definition) is 2. The monoisotopic (exact) mass is 360 g/mol. The van der Waals surface area contributed by atoms with E-state index < -0.39 is 0 Å². The van der Waals surface area contributed by atoms with E-state index in [4.69, 9.17) is 27.9 Å². The summed E-state index contributed by atoms with van der Waals surface area (Å²) in [5, 5.41) is 7.34. The van der Waals surface area contributed by atoms with Crippen molar-refractivity contribution >= 4 is 46.2 Å². The zero-order valence-electron chi connectivity index (χ0n) is 12.8. The topological polar surface area (TPSA) is 59.1 Å². The highest BCUT2D eigenvalue weighted by atomic mass is 35.5. The molecule has 3 rings (SSSR count). The molecular formula is C17H14Cl2N4O. The molecule has 0 saturated carbocycles. The summed E-state index contributed by atoms with van der Waals surface area (Å²) in [6, 6.07) is 14.6. The molecule has 0 unspecified atom stereocenters. The van der Waals surface area contributed by atoms with Crippen molar-refractivity contribution in [2.45, 2.75) is 0 Å². The van der Waals surface area contributed by atoms with Crippen molar-refractivity contribution in [3.8, 4) is 5.75 Å². The maximum Gasteiger partial charge on any atom is 0.135 e. The number of para-hydroxylation sites is 1. The first-order valence-corrected chi connectivity index (χ1v) is 7.85. The Labute approximate surface area is 149 Å². The molecule has 7 heteroatoms.